The summed E-state index contributed by atoms with van der Waals surface area (Å²) in [6, 6.07) is 6.89. The Morgan fingerprint density at radius 1 is 1.47 bits per heavy atom. The van der Waals surface area contributed by atoms with Gasteiger partial charge in [0.05, 0.1) is 7.11 Å². The van der Waals surface area contributed by atoms with Crippen LogP contribution in [0.2, 0.25) is 5.02 Å². The number of nitrogens with zero attached hydrogens (tertiary/aromatic N) is 1. The fourth-order valence-electron chi connectivity index (χ4n) is 1.06. The summed E-state index contributed by atoms with van der Waals surface area (Å²) < 4.78 is 4.44. The van der Waals surface area contributed by atoms with Crippen LogP contribution in [0.1, 0.15) is 5.56 Å². The number of methoxy groups -OCH3 is 1. The van der Waals surface area contributed by atoms with E-state index in [9.17, 15) is 4.79 Å². The lowest BCUT2D eigenvalue weighted by Crippen LogP contribution is -2.18. The lowest BCUT2D eigenvalue weighted by Gasteiger charge is -2.02. The molecule has 0 aliphatic heterocycles. The molecule has 1 aromatic carbocycles. The normalized spacial score (nSPS) is 11.2. The van der Waals surface area contributed by atoms with Gasteiger partial charge in [0.2, 0.25) is 0 Å². The number of benzene rings is 1. The van der Waals surface area contributed by atoms with Gasteiger partial charge >= 0.3 is 5.97 Å². The third-order valence-corrected chi connectivity index (χ3v) is 2.08. The number of halogens is 1. The van der Waals surface area contributed by atoms with Crippen LogP contribution in [0.15, 0.2) is 29.4 Å². The van der Waals surface area contributed by atoms with Crippen LogP contribution in [-0.4, -0.2) is 24.0 Å². The van der Waals surface area contributed by atoms with Crippen molar-refractivity contribution < 1.29 is 14.7 Å². The van der Waals surface area contributed by atoms with E-state index in [1.165, 1.54) is 7.11 Å². The molecule has 15 heavy (non-hydrogen) atoms. The van der Waals surface area contributed by atoms with Crippen molar-refractivity contribution in [2.24, 2.45) is 5.16 Å². The molecule has 0 saturated carbocycles. The zero-order chi connectivity index (χ0) is 11.3. The number of esters is 1. The maximum atomic E-state index is 11.1. The average molecular weight is 228 g/mol. The molecule has 0 radical (unpaired) electrons. The highest BCUT2D eigenvalue weighted by Gasteiger charge is 2.12. The number of carbonyl (C=O) groups is 1. The third-order valence-electron chi connectivity index (χ3n) is 1.83. The molecule has 0 amide bonds. The van der Waals surface area contributed by atoms with Crippen LogP contribution in [0.3, 0.4) is 0 Å². The van der Waals surface area contributed by atoms with Crippen LogP contribution in [-0.2, 0) is 16.0 Å². The molecule has 0 aromatic heterocycles. The maximum absolute atomic E-state index is 11.1. The molecular weight excluding hydrogens is 218 g/mol. The highest BCUT2D eigenvalue weighted by molar-refractivity contribution is 6.36. The number of ether oxygens (including phenoxy) is 1. The molecule has 5 heteroatoms. The van der Waals surface area contributed by atoms with Crippen LogP contribution in [0.25, 0.3) is 0 Å². The molecule has 1 N–H and O–H groups in total. The van der Waals surface area contributed by atoms with Crippen LogP contribution >= 0.6 is 11.6 Å². The van der Waals surface area contributed by atoms with E-state index in [-0.39, 0.29) is 12.1 Å². The minimum absolute atomic E-state index is 0.0418. The van der Waals surface area contributed by atoms with E-state index in [4.69, 9.17) is 16.8 Å². The van der Waals surface area contributed by atoms with Crippen LogP contribution in [0.4, 0.5) is 0 Å². The molecule has 1 rings (SSSR count). The Morgan fingerprint density at radius 2 is 2.07 bits per heavy atom. The van der Waals surface area contributed by atoms with Crippen molar-refractivity contribution >= 4 is 23.3 Å². The molecule has 0 spiro atoms. The predicted molar refractivity (Wildman–Crippen MR) is 56.4 cm³/mol. The zero-order valence-corrected chi connectivity index (χ0v) is 8.86. The molecular formula is C10H10ClNO3. The van der Waals surface area contributed by atoms with Gasteiger partial charge in [-0.05, 0) is 17.7 Å². The van der Waals surface area contributed by atoms with Gasteiger partial charge < -0.3 is 9.94 Å². The average Bonchev–Trinajstić information content (AvgIpc) is 2.27. The van der Waals surface area contributed by atoms with Crippen molar-refractivity contribution in [3.63, 3.8) is 0 Å². The SMILES string of the molecule is COC(=O)C(Cc1ccc(Cl)cc1)=NO. The van der Waals surface area contributed by atoms with Gasteiger partial charge in [-0.1, -0.05) is 28.9 Å². The Hall–Kier alpha value is -1.55. The summed E-state index contributed by atoms with van der Waals surface area (Å²) in [6.45, 7) is 0. The first-order valence-corrected chi connectivity index (χ1v) is 4.59. The maximum Gasteiger partial charge on any atom is 0.356 e. The third kappa shape index (κ3) is 3.25. The molecule has 0 atom stereocenters. The van der Waals surface area contributed by atoms with Gasteiger partial charge in [-0.2, -0.15) is 0 Å². The van der Waals surface area contributed by atoms with Crippen molar-refractivity contribution in [3.05, 3.63) is 34.9 Å². The zero-order valence-electron chi connectivity index (χ0n) is 8.11. The van der Waals surface area contributed by atoms with E-state index in [1.807, 2.05) is 0 Å². The molecule has 0 aliphatic rings. The molecule has 0 unspecified atom stereocenters. The lowest BCUT2D eigenvalue weighted by molar-refractivity contribution is -0.132. The Labute approximate surface area is 92.1 Å². The van der Waals surface area contributed by atoms with Crippen molar-refractivity contribution in [2.75, 3.05) is 7.11 Å². The number of oxime groups is 1. The molecule has 80 valence electrons. The Bertz CT molecular complexity index is 373. The van der Waals surface area contributed by atoms with Crippen LogP contribution in [0, 0.1) is 0 Å². The summed E-state index contributed by atoms with van der Waals surface area (Å²) in [7, 11) is 1.23. The Kier molecular flexibility index (Phi) is 4.12. The standard InChI is InChI=1S/C10H10ClNO3/c1-15-10(13)9(12-14)6-7-2-4-8(11)5-3-7/h2-5,14H,6H2,1H3. The molecule has 1 aromatic rings. The smallest absolute Gasteiger partial charge is 0.356 e. The second-order valence-electron chi connectivity index (χ2n) is 2.84. The van der Waals surface area contributed by atoms with Gasteiger partial charge in [0.25, 0.3) is 0 Å². The largest absolute Gasteiger partial charge is 0.464 e. The number of hydrogen-bond acceptors (Lipinski definition) is 4. The summed E-state index contributed by atoms with van der Waals surface area (Å²) in [4.78, 5) is 11.1. The molecule has 0 fully saturated rings. The van der Waals surface area contributed by atoms with Gasteiger partial charge in [0.15, 0.2) is 5.71 Å². The van der Waals surface area contributed by atoms with Gasteiger partial charge in [0, 0.05) is 11.4 Å². The fourth-order valence-corrected chi connectivity index (χ4v) is 1.19. The topological polar surface area (TPSA) is 58.9 Å². The van der Waals surface area contributed by atoms with Crippen molar-refractivity contribution in [1.29, 1.82) is 0 Å². The van der Waals surface area contributed by atoms with E-state index >= 15 is 0 Å². The quantitative estimate of drug-likeness (QED) is 0.371. The van der Waals surface area contributed by atoms with Crippen LogP contribution < -0.4 is 0 Å². The summed E-state index contributed by atoms with van der Waals surface area (Å²) in [5, 5.41) is 12.1. The van der Waals surface area contributed by atoms with Gasteiger partial charge in [-0.25, -0.2) is 4.79 Å². The minimum atomic E-state index is -0.646. The first kappa shape index (κ1) is 11.5. The summed E-state index contributed by atoms with van der Waals surface area (Å²) in [6.07, 6.45) is 0.209. The summed E-state index contributed by atoms with van der Waals surface area (Å²) >= 11 is 5.70. The first-order valence-electron chi connectivity index (χ1n) is 4.21. The van der Waals surface area contributed by atoms with E-state index in [1.54, 1.807) is 24.3 Å². The highest BCUT2D eigenvalue weighted by atomic mass is 35.5. The predicted octanol–water partition coefficient (Wildman–Crippen LogP) is 1.89. The van der Waals surface area contributed by atoms with Crippen molar-refractivity contribution in [2.45, 2.75) is 6.42 Å². The van der Waals surface area contributed by atoms with Gasteiger partial charge in [-0.3, -0.25) is 0 Å². The van der Waals surface area contributed by atoms with Crippen molar-refractivity contribution in [3.8, 4) is 0 Å². The lowest BCUT2D eigenvalue weighted by atomic mass is 10.1. The van der Waals surface area contributed by atoms with Crippen molar-refractivity contribution in [1.82, 2.24) is 0 Å². The van der Waals surface area contributed by atoms with Gasteiger partial charge in [-0.15, -0.1) is 0 Å². The molecule has 0 heterocycles. The van der Waals surface area contributed by atoms with E-state index in [0.717, 1.165) is 5.56 Å². The second-order valence-corrected chi connectivity index (χ2v) is 3.28. The Balaban J connectivity index is 2.76. The molecule has 0 bridgehead atoms. The van der Waals surface area contributed by atoms with Gasteiger partial charge in [0.1, 0.15) is 0 Å². The minimum Gasteiger partial charge on any atom is -0.464 e. The number of carbonyl (C=O) groups excluding carboxylic acids is 1. The first-order chi connectivity index (χ1) is 7.17. The van der Waals surface area contributed by atoms with E-state index in [0.29, 0.717) is 5.02 Å². The summed E-state index contributed by atoms with van der Waals surface area (Å²) in [5.74, 6) is -0.646. The number of hydrogen-bond donors (Lipinski definition) is 1. The molecule has 0 aliphatic carbocycles. The molecule has 0 saturated heterocycles. The second kappa shape index (κ2) is 5.36. The number of rotatable bonds is 3. The van der Waals surface area contributed by atoms with Crippen LogP contribution in [0.5, 0.6) is 0 Å². The van der Waals surface area contributed by atoms with E-state index < -0.39 is 5.97 Å². The molecule has 4 nitrogen and oxygen atoms in total. The highest BCUT2D eigenvalue weighted by Crippen LogP contribution is 2.10. The fraction of sp³-hybridized carbons (Fsp3) is 0.200. The Morgan fingerprint density at radius 3 is 2.53 bits per heavy atom. The summed E-state index contributed by atoms with van der Waals surface area (Å²) in [5.41, 5.74) is 0.775. The van der Waals surface area contributed by atoms with E-state index in [2.05, 4.69) is 9.89 Å². The monoisotopic (exact) mass is 227 g/mol.